The number of allylic oxidation sites excluding steroid dienone is 2. The van der Waals surface area contributed by atoms with Crippen molar-refractivity contribution >= 4 is 23.9 Å². The molecule has 14 nitrogen and oxygen atoms in total. The van der Waals surface area contributed by atoms with Gasteiger partial charge in [-0.25, -0.2) is 4.79 Å². The average molecular weight is 760 g/mol. The molecule has 0 saturated carbocycles. The molecule has 0 unspecified atom stereocenters. The number of piperazine rings is 1. The van der Waals surface area contributed by atoms with Crippen LogP contribution in [0.2, 0.25) is 0 Å². The summed E-state index contributed by atoms with van der Waals surface area (Å²) in [5.74, 6) is -1.59. The molecule has 0 aromatic carbocycles. The minimum Gasteiger partial charge on any atom is -0.457 e. The largest absolute Gasteiger partial charge is 0.457 e. The molecule has 0 radical (unpaired) electrons. The Hall–Kier alpha value is -3.40. The zero-order valence-corrected chi connectivity index (χ0v) is 32.9. The summed E-state index contributed by atoms with van der Waals surface area (Å²) in [7, 11) is 1.52. The molecule has 0 aromatic rings. The molecule has 302 valence electrons. The van der Waals surface area contributed by atoms with Crippen molar-refractivity contribution in [1.29, 1.82) is 0 Å². The fourth-order valence-corrected chi connectivity index (χ4v) is 7.24. The Kier molecular flexibility index (Phi) is 15.2. The first-order valence-corrected chi connectivity index (χ1v) is 19.2. The molecule has 0 aromatic heterocycles. The number of methoxy groups -OCH3 is 1. The Morgan fingerprint density at radius 2 is 1.80 bits per heavy atom. The third-order valence-electron chi connectivity index (χ3n) is 11.2. The summed E-state index contributed by atoms with van der Waals surface area (Å²) in [6, 6.07) is 0. The van der Waals surface area contributed by atoms with Gasteiger partial charge in [0.2, 0.25) is 0 Å². The first kappa shape index (κ1) is 43.3. The van der Waals surface area contributed by atoms with Crippen LogP contribution in [-0.4, -0.2) is 148 Å². The van der Waals surface area contributed by atoms with Gasteiger partial charge in [0.15, 0.2) is 6.10 Å². The van der Waals surface area contributed by atoms with Crippen LogP contribution < -0.4 is 0 Å². The van der Waals surface area contributed by atoms with Gasteiger partial charge in [-0.05, 0) is 51.7 Å². The number of amides is 3. The molecule has 3 amide bonds. The van der Waals surface area contributed by atoms with Gasteiger partial charge < -0.3 is 39.2 Å². The van der Waals surface area contributed by atoms with Gasteiger partial charge in [-0.3, -0.25) is 24.2 Å². The van der Waals surface area contributed by atoms with Gasteiger partial charge >= 0.3 is 12.1 Å². The fourth-order valence-electron chi connectivity index (χ4n) is 7.24. The van der Waals surface area contributed by atoms with Crippen LogP contribution >= 0.6 is 0 Å². The number of ether oxygens (including phenoxy) is 4. The molecule has 4 aliphatic rings. The lowest BCUT2D eigenvalue weighted by Gasteiger charge is -2.39. The van der Waals surface area contributed by atoms with Crippen molar-refractivity contribution in [3.63, 3.8) is 0 Å². The second kappa shape index (κ2) is 19.0. The molecule has 3 N–H and O–H groups in total. The summed E-state index contributed by atoms with van der Waals surface area (Å²) in [5.41, 5.74) is -1.49. The number of hydrogen-bond donors (Lipinski definition) is 3. The number of cyclic esters (lactones) is 1. The van der Waals surface area contributed by atoms with Crippen molar-refractivity contribution in [2.75, 3.05) is 46.4 Å². The highest BCUT2D eigenvalue weighted by Gasteiger charge is 2.47. The molecule has 4 heterocycles. The van der Waals surface area contributed by atoms with E-state index in [-0.39, 0.29) is 55.2 Å². The average Bonchev–Trinajstić information content (AvgIpc) is 3.82. The van der Waals surface area contributed by atoms with Gasteiger partial charge in [0, 0.05) is 76.8 Å². The maximum Gasteiger partial charge on any atom is 0.410 e. The van der Waals surface area contributed by atoms with Crippen molar-refractivity contribution in [3.05, 3.63) is 48.1 Å². The minimum atomic E-state index is -1.17. The number of hydrogen-bond acceptors (Lipinski definition) is 12. The quantitative estimate of drug-likeness (QED) is 0.0824. The van der Waals surface area contributed by atoms with Gasteiger partial charge in [0.1, 0.15) is 11.7 Å². The standard InChI is InChI=1S/C40H61N3O11/c1-8-30(45)28(4)37-31(52-37)25-39(5,50)16-9-10-26(2)36-27(3)11-12-32(40(6,51-7)17-15-29(44)24-35(48)54-36)53-38(49)42-21-18-41(19-22-42)20-23-43-33(46)13-14-34(43)47/h9-14,16,27-32,36-37,44-45,50H,8,15,17-25H2,1-7H3/b12-11+,16-9+,26-10+/t27-,28+,29+,30-,31+,32-,36+,37+,39-,40+/m0/s1. The Morgan fingerprint density at radius 3 is 2.43 bits per heavy atom. The Bertz CT molecular complexity index is 1430. The van der Waals surface area contributed by atoms with Crippen LogP contribution in [0.25, 0.3) is 0 Å². The number of carbonyl (C=O) groups excluding carboxylic acids is 4. The van der Waals surface area contributed by atoms with Crippen LogP contribution in [0.15, 0.2) is 48.1 Å². The molecule has 10 atom stereocenters. The van der Waals surface area contributed by atoms with Crippen LogP contribution in [-0.2, 0) is 33.3 Å². The van der Waals surface area contributed by atoms with Gasteiger partial charge in [-0.2, -0.15) is 0 Å². The topological polar surface area (TPSA) is 179 Å². The monoisotopic (exact) mass is 759 g/mol. The van der Waals surface area contributed by atoms with E-state index in [1.54, 1.807) is 36.1 Å². The summed E-state index contributed by atoms with van der Waals surface area (Å²) >= 11 is 0. The van der Waals surface area contributed by atoms with E-state index in [0.717, 1.165) is 0 Å². The molecule has 54 heavy (non-hydrogen) atoms. The predicted molar refractivity (Wildman–Crippen MR) is 200 cm³/mol. The third-order valence-corrected chi connectivity index (χ3v) is 11.2. The van der Waals surface area contributed by atoms with Crippen LogP contribution in [0.5, 0.6) is 0 Å². The zero-order chi connectivity index (χ0) is 39.8. The Labute approximate surface area is 319 Å². The third kappa shape index (κ3) is 11.8. The molecule has 2 fully saturated rings. The molecular weight excluding hydrogens is 698 g/mol. The van der Waals surface area contributed by atoms with Gasteiger partial charge in [-0.15, -0.1) is 0 Å². The first-order chi connectivity index (χ1) is 25.5. The van der Waals surface area contributed by atoms with E-state index >= 15 is 0 Å². The lowest BCUT2D eigenvalue weighted by atomic mass is 9.88. The van der Waals surface area contributed by atoms with Crippen molar-refractivity contribution in [2.45, 2.75) is 121 Å². The molecule has 4 rings (SSSR count). The van der Waals surface area contributed by atoms with Crippen LogP contribution in [0, 0.1) is 11.8 Å². The van der Waals surface area contributed by atoms with E-state index in [0.29, 0.717) is 57.6 Å². The van der Waals surface area contributed by atoms with Crippen LogP contribution in [0.1, 0.15) is 73.6 Å². The summed E-state index contributed by atoms with van der Waals surface area (Å²) < 4.78 is 23.7. The van der Waals surface area contributed by atoms with Gasteiger partial charge in [0.05, 0.1) is 36.4 Å². The second-order valence-electron chi connectivity index (χ2n) is 15.7. The molecule has 14 heteroatoms. The van der Waals surface area contributed by atoms with Crippen molar-refractivity contribution in [1.82, 2.24) is 14.7 Å². The number of esters is 1. The lowest BCUT2D eigenvalue weighted by molar-refractivity contribution is -0.151. The smallest absolute Gasteiger partial charge is 0.410 e. The minimum absolute atomic E-state index is 0.0243. The van der Waals surface area contributed by atoms with E-state index in [1.165, 1.54) is 24.2 Å². The van der Waals surface area contributed by atoms with E-state index in [2.05, 4.69) is 4.90 Å². The highest BCUT2D eigenvalue weighted by atomic mass is 16.6. The molecule has 4 aliphatic heterocycles. The maximum atomic E-state index is 13.5. The molecule has 0 spiro atoms. The number of aliphatic hydroxyl groups is 3. The van der Waals surface area contributed by atoms with Crippen molar-refractivity contribution < 1.29 is 53.4 Å². The summed E-state index contributed by atoms with van der Waals surface area (Å²) in [5, 5.41) is 32.1. The number of imide groups is 1. The number of epoxide rings is 1. The normalized spacial score (nSPS) is 33.1. The van der Waals surface area contributed by atoms with Crippen LogP contribution in [0.4, 0.5) is 4.79 Å². The highest BCUT2D eigenvalue weighted by Crippen LogP contribution is 2.37. The van der Waals surface area contributed by atoms with Gasteiger partial charge in [0.25, 0.3) is 11.8 Å². The van der Waals surface area contributed by atoms with E-state index in [4.69, 9.17) is 18.9 Å². The maximum absolute atomic E-state index is 13.5. The number of carbonyl (C=O) groups is 4. The fraction of sp³-hybridized carbons (Fsp3) is 0.700. The summed E-state index contributed by atoms with van der Waals surface area (Å²) in [6.07, 6.45) is 8.79. The van der Waals surface area contributed by atoms with E-state index in [9.17, 15) is 34.5 Å². The first-order valence-electron chi connectivity index (χ1n) is 19.2. The molecule has 0 bridgehead atoms. The highest BCUT2D eigenvalue weighted by molar-refractivity contribution is 6.12. The summed E-state index contributed by atoms with van der Waals surface area (Å²) in [6.45, 7) is 13.8. The lowest BCUT2D eigenvalue weighted by Crippen LogP contribution is -2.52. The summed E-state index contributed by atoms with van der Waals surface area (Å²) in [4.78, 5) is 55.2. The van der Waals surface area contributed by atoms with Crippen LogP contribution in [0.3, 0.4) is 0 Å². The zero-order valence-electron chi connectivity index (χ0n) is 32.9. The Balaban J connectivity index is 1.42. The Morgan fingerprint density at radius 1 is 1.13 bits per heavy atom. The number of rotatable bonds is 13. The number of aliphatic hydroxyl groups excluding tert-OH is 2. The molecule has 0 aliphatic carbocycles. The van der Waals surface area contributed by atoms with E-state index < -0.39 is 47.7 Å². The molecule has 2 saturated heterocycles. The van der Waals surface area contributed by atoms with Gasteiger partial charge in [-0.1, -0.05) is 45.1 Å². The van der Waals surface area contributed by atoms with Crippen molar-refractivity contribution in [3.8, 4) is 0 Å². The SMILES string of the molecule is CC[C@H](O)[C@@H](C)[C@H]1O[C@@H]1C[C@@](C)(O)/C=C/C=C(\C)[C@H]1OC(=O)C[C@H](O)CC[C@@](C)(OC)[C@@H](OC(=O)N2CCN(CCN3C(=O)C=CC3=O)CC2)/C=C/[C@@H]1C. The number of nitrogens with zero attached hydrogens (tertiary/aromatic N) is 3. The van der Waals surface area contributed by atoms with E-state index in [1.807, 2.05) is 40.7 Å². The van der Waals surface area contributed by atoms with Crippen molar-refractivity contribution in [2.24, 2.45) is 11.8 Å². The molecular formula is C40H61N3O11. The predicted octanol–water partition coefficient (Wildman–Crippen LogP) is 2.91. The second-order valence-corrected chi connectivity index (χ2v) is 15.7.